The fourth-order valence-electron chi connectivity index (χ4n) is 3.79. The van der Waals surface area contributed by atoms with Crippen LogP contribution in [0.3, 0.4) is 0 Å². The highest BCUT2D eigenvalue weighted by atomic mass is 19.1. The van der Waals surface area contributed by atoms with Gasteiger partial charge in [0.1, 0.15) is 28.7 Å². The van der Waals surface area contributed by atoms with Gasteiger partial charge in [-0.1, -0.05) is 12.1 Å². The van der Waals surface area contributed by atoms with Crippen LogP contribution in [0.4, 0.5) is 14.9 Å². The number of nitrogens with zero attached hydrogens (tertiary/aromatic N) is 2. The van der Waals surface area contributed by atoms with E-state index in [-0.39, 0.29) is 17.6 Å². The molecule has 0 atom stereocenters. The van der Waals surface area contributed by atoms with Gasteiger partial charge < -0.3 is 25.0 Å². The minimum Gasteiger partial charge on any atom is -0.497 e. The predicted octanol–water partition coefficient (Wildman–Crippen LogP) is 2.79. The molecule has 0 saturated carbocycles. The van der Waals surface area contributed by atoms with Gasteiger partial charge in [-0.2, -0.15) is 0 Å². The Morgan fingerprint density at radius 3 is 2.42 bits per heavy atom. The van der Waals surface area contributed by atoms with Crippen LogP contribution in [0.15, 0.2) is 47.5 Å². The molecule has 2 aromatic rings. The van der Waals surface area contributed by atoms with Gasteiger partial charge in [-0.3, -0.25) is 9.79 Å². The van der Waals surface area contributed by atoms with Gasteiger partial charge in [0.25, 0.3) is 5.91 Å². The van der Waals surface area contributed by atoms with Crippen molar-refractivity contribution in [2.75, 3.05) is 32.6 Å². The number of carbonyl (C=O) groups is 2. The van der Waals surface area contributed by atoms with E-state index in [0.29, 0.717) is 48.7 Å². The minimum absolute atomic E-state index is 0.223. The van der Waals surface area contributed by atoms with Crippen LogP contribution >= 0.6 is 0 Å². The number of ether oxygens (including phenoxy) is 2. The van der Waals surface area contributed by atoms with E-state index >= 15 is 0 Å². The molecular formula is C22H23FN4O4. The van der Waals surface area contributed by atoms with E-state index in [0.717, 1.165) is 0 Å². The van der Waals surface area contributed by atoms with Crippen LogP contribution in [0.1, 0.15) is 18.4 Å². The number of halogens is 1. The van der Waals surface area contributed by atoms with E-state index in [4.69, 9.17) is 9.47 Å². The van der Waals surface area contributed by atoms with Crippen LogP contribution in [0.5, 0.6) is 11.5 Å². The third-order valence-corrected chi connectivity index (χ3v) is 5.47. The van der Waals surface area contributed by atoms with Crippen LogP contribution in [0, 0.1) is 5.82 Å². The van der Waals surface area contributed by atoms with Crippen LogP contribution in [0.2, 0.25) is 0 Å². The minimum atomic E-state index is -0.769. The van der Waals surface area contributed by atoms with Crippen molar-refractivity contribution in [3.05, 3.63) is 53.8 Å². The molecular weight excluding hydrogens is 403 g/mol. The lowest BCUT2D eigenvalue weighted by atomic mass is 9.98. The second kappa shape index (κ2) is 8.25. The lowest BCUT2D eigenvalue weighted by Crippen LogP contribution is -2.53. The number of aliphatic imine (C=N–C) groups is 1. The normalized spacial score (nSPS) is 17.2. The lowest BCUT2D eigenvalue weighted by Gasteiger charge is -2.37. The topological polar surface area (TPSA) is 92.3 Å². The van der Waals surface area contributed by atoms with Crippen molar-refractivity contribution in [3.63, 3.8) is 0 Å². The van der Waals surface area contributed by atoms with Crippen molar-refractivity contribution in [3.8, 4) is 11.5 Å². The summed E-state index contributed by atoms with van der Waals surface area (Å²) in [6.45, 7) is 0.820. The molecule has 0 unspecified atom stereocenters. The van der Waals surface area contributed by atoms with Gasteiger partial charge >= 0.3 is 6.03 Å². The van der Waals surface area contributed by atoms with Gasteiger partial charge in [0, 0.05) is 55.4 Å². The predicted molar refractivity (Wildman–Crippen MR) is 113 cm³/mol. The van der Waals surface area contributed by atoms with E-state index in [2.05, 4.69) is 15.6 Å². The highest BCUT2D eigenvalue weighted by molar-refractivity contribution is 6.46. The number of nitrogens with one attached hydrogen (secondary N) is 2. The molecule has 1 spiro atoms. The first-order valence-electron chi connectivity index (χ1n) is 9.89. The van der Waals surface area contributed by atoms with Crippen LogP contribution in [-0.2, 0) is 4.79 Å². The quantitative estimate of drug-likeness (QED) is 0.787. The first-order chi connectivity index (χ1) is 14.9. The first-order valence-corrected chi connectivity index (χ1v) is 9.89. The molecule has 31 heavy (non-hydrogen) atoms. The molecule has 2 heterocycles. The Hall–Kier alpha value is -3.62. The Bertz CT molecular complexity index is 1030. The Morgan fingerprint density at radius 1 is 1.13 bits per heavy atom. The maximum Gasteiger partial charge on any atom is 0.321 e. The summed E-state index contributed by atoms with van der Waals surface area (Å²) in [4.78, 5) is 31.4. The Balaban J connectivity index is 1.43. The summed E-state index contributed by atoms with van der Waals surface area (Å²) in [5, 5.41) is 5.77. The van der Waals surface area contributed by atoms with Crippen molar-refractivity contribution in [1.29, 1.82) is 0 Å². The molecule has 8 nitrogen and oxygen atoms in total. The summed E-state index contributed by atoms with van der Waals surface area (Å²) in [5.41, 5.74) is 0.457. The fraction of sp³-hybridized carbons (Fsp3) is 0.318. The van der Waals surface area contributed by atoms with Crippen molar-refractivity contribution in [1.82, 2.24) is 10.2 Å². The van der Waals surface area contributed by atoms with Gasteiger partial charge in [0.05, 0.1) is 14.2 Å². The number of amides is 3. The molecule has 1 saturated heterocycles. The molecule has 2 aromatic carbocycles. The van der Waals surface area contributed by atoms with E-state index in [1.165, 1.54) is 12.1 Å². The van der Waals surface area contributed by atoms with Gasteiger partial charge in [0.2, 0.25) is 0 Å². The Morgan fingerprint density at radius 2 is 1.81 bits per heavy atom. The average molecular weight is 426 g/mol. The van der Waals surface area contributed by atoms with Gasteiger partial charge in [-0.15, -0.1) is 0 Å². The molecule has 162 valence electrons. The zero-order valence-corrected chi connectivity index (χ0v) is 17.3. The van der Waals surface area contributed by atoms with Crippen LogP contribution < -0.4 is 20.1 Å². The molecule has 3 amide bonds. The maximum absolute atomic E-state index is 13.5. The molecule has 2 aliphatic heterocycles. The standard InChI is InChI=1S/C22H23FN4O4/c1-30-17-11-16(12-18(13-17)31-2)24-21(29)27-8-6-22(7-9-27)25-19(20(28)26-22)14-4-3-5-15(23)10-14/h3-5,10-13H,6-9H2,1-2H3,(H,24,29)(H,26,28). The van der Waals surface area contributed by atoms with Crippen LogP contribution in [-0.4, -0.2) is 55.5 Å². The molecule has 0 aliphatic carbocycles. The second-order valence-electron chi connectivity index (χ2n) is 7.48. The number of piperidine rings is 1. The van der Waals surface area contributed by atoms with Crippen molar-refractivity contribution in [2.45, 2.75) is 18.5 Å². The fourth-order valence-corrected chi connectivity index (χ4v) is 3.79. The molecule has 4 rings (SSSR count). The smallest absolute Gasteiger partial charge is 0.321 e. The molecule has 1 fully saturated rings. The number of hydrogen-bond donors (Lipinski definition) is 2. The summed E-state index contributed by atoms with van der Waals surface area (Å²) in [5.74, 6) is 0.391. The number of anilines is 1. The van der Waals surface area contributed by atoms with Crippen molar-refractivity contribution >= 4 is 23.3 Å². The summed E-state index contributed by atoms with van der Waals surface area (Å²) >= 11 is 0. The SMILES string of the molecule is COc1cc(NC(=O)N2CCC3(CC2)N=C(c2cccc(F)c2)C(=O)N3)cc(OC)c1. The van der Waals surface area contributed by atoms with Gasteiger partial charge in [0.15, 0.2) is 0 Å². The van der Waals surface area contributed by atoms with E-state index in [1.807, 2.05) is 0 Å². The van der Waals surface area contributed by atoms with Crippen molar-refractivity contribution < 1.29 is 23.5 Å². The van der Waals surface area contributed by atoms with E-state index in [9.17, 15) is 14.0 Å². The lowest BCUT2D eigenvalue weighted by molar-refractivity contribution is -0.115. The second-order valence-corrected chi connectivity index (χ2v) is 7.48. The molecule has 0 radical (unpaired) electrons. The van der Waals surface area contributed by atoms with E-state index in [1.54, 1.807) is 49.5 Å². The van der Waals surface area contributed by atoms with Gasteiger partial charge in [-0.05, 0) is 12.1 Å². The number of likely N-dealkylation sites (tertiary alicyclic amines) is 1. The number of urea groups is 1. The third kappa shape index (κ3) is 4.30. The van der Waals surface area contributed by atoms with Crippen LogP contribution in [0.25, 0.3) is 0 Å². The Labute approximate surface area is 179 Å². The summed E-state index contributed by atoms with van der Waals surface area (Å²) in [7, 11) is 3.08. The van der Waals surface area contributed by atoms with Gasteiger partial charge in [-0.25, -0.2) is 9.18 Å². The Kier molecular flexibility index (Phi) is 5.50. The zero-order valence-electron chi connectivity index (χ0n) is 17.3. The molecule has 2 aliphatic rings. The number of hydrogen-bond acceptors (Lipinski definition) is 5. The summed E-state index contributed by atoms with van der Waals surface area (Å²) in [6, 6.07) is 10.7. The highest BCUT2D eigenvalue weighted by Gasteiger charge is 2.43. The van der Waals surface area contributed by atoms with Crippen molar-refractivity contribution in [2.24, 2.45) is 4.99 Å². The summed E-state index contributed by atoms with van der Waals surface area (Å²) in [6.07, 6.45) is 0.929. The molecule has 2 N–H and O–H groups in total. The largest absolute Gasteiger partial charge is 0.497 e. The number of rotatable bonds is 4. The number of methoxy groups -OCH3 is 2. The molecule has 0 aromatic heterocycles. The monoisotopic (exact) mass is 426 g/mol. The zero-order chi connectivity index (χ0) is 22.0. The van der Waals surface area contributed by atoms with E-state index < -0.39 is 11.5 Å². The third-order valence-electron chi connectivity index (χ3n) is 5.47. The molecule has 9 heteroatoms. The molecule has 0 bridgehead atoms. The highest BCUT2D eigenvalue weighted by Crippen LogP contribution is 2.30. The number of benzene rings is 2. The average Bonchev–Trinajstić information content (AvgIpc) is 3.09. The number of carbonyl (C=O) groups excluding carboxylic acids is 2. The first kappa shape index (κ1) is 20.6. The maximum atomic E-state index is 13.5. The summed E-state index contributed by atoms with van der Waals surface area (Å²) < 4.78 is 24.0.